The summed E-state index contributed by atoms with van der Waals surface area (Å²) in [5, 5.41) is 16.2. The minimum Gasteiger partial charge on any atom is -0.454 e. The molecule has 0 unspecified atom stereocenters. The monoisotopic (exact) mass is 453 g/mol. The zero-order valence-corrected chi connectivity index (χ0v) is 17.5. The maximum absolute atomic E-state index is 14.2. The van der Waals surface area contributed by atoms with Gasteiger partial charge in [-0.3, -0.25) is 24.6 Å². The van der Waals surface area contributed by atoms with Crippen LogP contribution in [0, 0.1) is 17.7 Å². The smallest absolute Gasteiger partial charge is 0.250 e. The first-order chi connectivity index (χ1) is 15.8. The summed E-state index contributed by atoms with van der Waals surface area (Å²) in [6, 6.07) is 8.10. The number of aliphatic hydroxyl groups excluding tert-OH is 1. The van der Waals surface area contributed by atoms with Crippen LogP contribution in [-0.2, 0) is 26.5 Å². The van der Waals surface area contributed by atoms with Gasteiger partial charge in [-0.2, -0.15) is 0 Å². The van der Waals surface area contributed by atoms with E-state index in [-0.39, 0.29) is 18.9 Å². The molecular formula is C23H20FN3O6. The molecule has 10 heteroatoms. The van der Waals surface area contributed by atoms with Crippen molar-refractivity contribution in [3.8, 4) is 11.5 Å². The van der Waals surface area contributed by atoms with Crippen molar-refractivity contribution in [3.63, 3.8) is 0 Å². The van der Waals surface area contributed by atoms with Crippen molar-refractivity contribution >= 4 is 23.4 Å². The Bertz CT molecular complexity index is 1230. The zero-order chi connectivity index (χ0) is 23.1. The van der Waals surface area contributed by atoms with Gasteiger partial charge in [-0.05, 0) is 42.8 Å². The standard InChI is InChI=1S/C23H20FN3O6/c1-10(28)19-17-18(23(26-19)13-7-12(24)3-4-14(13)25-22(23)31)21(30)27(20(17)29)8-11-2-5-15-16(6-11)33-9-32-15/h2-7,10,17-19,26,28H,8-9H2,1H3,(H,25,31)/t10-,17+,18+,19+,23+/m1/s1. The van der Waals surface area contributed by atoms with E-state index in [4.69, 9.17) is 9.47 Å². The van der Waals surface area contributed by atoms with Crippen LogP contribution in [0.25, 0.3) is 0 Å². The number of ether oxygens (including phenoxy) is 2. The van der Waals surface area contributed by atoms with Gasteiger partial charge in [0.25, 0.3) is 0 Å². The molecule has 9 nitrogen and oxygen atoms in total. The van der Waals surface area contributed by atoms with E-state index in [1.807, 2.05) is 0 Å². The van der Waals surface area contributed by atoms with Gasteiger partial charge in [-0.25, -0.2) is 4.39 Å². The van der Waals surface area contributed by atoms with Crippen molar-refractivity contribution in [1.82, 2.24) is 10.2 Å². The number of benzene rings is 2. The quantitative estimate of drug-likeness (QED) is 0.590. The highest BCUT2D eigenvalue weighted by molar-refractivity contribution is 6.15. The van der Waals surface area contributed by atoms with Gasteiger partial charge in [-0.1, -0.05) is 6.07 Å². The van der Waals surface area contributed by atoms with Crippen LogP contribution in [0.2, 0.25) is 0 Å². The molecule has 6 rings (SSSR count). The number of nitrogens with zero attached hydrogens (tertiary/aromatic N) is 1. The number of rotatable bonds is 3. The first-order valence-electron chi connectivity index (χ1n) is 10.6. The highest BCUT2D eigenvalue weighted by Gasteiger charge is 2.71. The lowest BCUT2D eigenvalue weighted by Crippen LogP contribution is -2.54. The summed E-state index contributed by atoms with van der Waals surface area (Å²) >= 11 is 0. The highest BCUT2D eigenvalue weighted by Crippen LogP contribution is 2.53. The Morgan fingerprint density at radius 3 is 2.73 bits per heavy atom. The van der Waals surface area contributed by atoms with Crippen molar-refractivity contribution in [2.45, 2.75) is 31.2 Å². The number of aliphatic hydroxyl groups is 1. The first-order valence-corrected chi connectivity index (χ1v) is 10.6. The minimum absolute atomic E-state index is 0.0262. The third kappa shape index (κ3) is 2.61. The van der Waals surface area contributed by atoms with Gasteiger partial charge in [0.2, 0.25) is 24.5 Å². The molecule has 1 spiro atoms. The average Bonchev–Trinajstić information content (AvgIpc) is 3.51. The summed E-state index contributed by atoms with van der Waals surface area (Å²) in [5.41, 5.74) is -0.371. The van der Waals surface area contributed by atoms with Crippen LogP contribution in [0.1, 0.15) is 18.1 Å². The van der Waals surface area contributed by atoms with Gasteiger partial charge < -0.3 is 19.9 Å². The molecule has 33 heavy (non-hydrogen) atoms. The van der Waals surface area contributed by atoms with E-state index in [1.54, 1.807) is 18.2 Å². The van der Waals surface area contributed by atoms with Gasteiger partial charge in [-0.15, -0.1) is 0 Å². The third-order valence-corrected chi connectivity index (χ3v) is 7.00. The van der Waals surface area contributed by atoms with Gasteiger partial charge in [0, 0.05) is 17.3 Å². The van der Waals surface area contributed by atoms with E-state index in [1.165, 1.54) is 25.1 Å². The molecule has 2 aromatic rings. The highest BCUT2D eigenvalue weighted by atomic mass is 19.1. The molecule has 0 radical (unpaired) electrons. The lowest BCUT2D eigenvalue weighted by Gasteiger charge is -2.30. The zero-order valence-electron chi connectivity index (χ0n) is 17.5. The molecule has 4 aliphatic heterocycles. The number of amides is 3. The van der Waals surface area contributed by atoms with Gasteiger partial charge in [0.15, 0.2) is 11.5 Å². The third-order valence-electron chi connectivity index (χ3n) is 7.00. The summed E-state index contributed by atoms with van der Waals surface area (Å²) in [7, 11) is 0. The van der Waals surface area contributed by atoms with Gasteiger partial charge >= 0.3 is 0 Å². The summed E-state index contributed by atoms with van der Waals surface area (Å²) in [6.07, 6.45) is -1.04. The Morgan fingerprint density at radius 1 is 1.15 bits per heavy atom. The fourth-order valence-corrected chi connectivity index (χ4v) is 5.56. The molecule has 3 amide bonds. The number of nitrogens with one attached hydrogen (secondary N) is 2. The number of anilines is 1. The van der Waals surface area contributed by atoms with Crippen molar-refractivity contribution in [2.75, 3.05) is 12.1 Å². The number of carbonyl (C=O) groups excluding carboxylic acids is 3. The fraction of sp³-hybridized carbons (Fsp3) is 0.348. The molecule has 0 saturated carbocycles. The molecule has 0 bridgehead atoms. The Hall–Kier alpha value is -3.50. The predicted octanol–water partition coefficient (Wildman–Crippen LogP) is 0.856. The van der Waals surface area contributed by atoms with Crippen LogP contribution in [0.4, 0.5) is 10.1 Å². The lowest BCUT2D eigenvalue weighted by molar-refractivity contribution is -0.143. The van der Waals surface area contributed by atoms with Crippen LogP contribution in [0.5, 0.6) is 11.5 Å². The van der Waals surface area contributed by atoms with E-state index < -0.39 is 53.1 Å². The molecule has 0 aromatic heterocycles. The number of carbonyl (C=O) groups is 3. The van der Waals surface area contributed by atoms with Crippen molar-refractivity contribution in [2.24, 2.45) is 11.8 Å². The molecule has 2 fully saturated rings. The van der Waals surface area contributed by atoms with Crippen LogP contribution >= 0.6 is 0 Å². The van der Waals surface area contributed by atoms with E-state index in [0.29, 0.717) is 22.7 Å². The predicted molar refractivity (Wildman–Crippen MR) is 110 cm³/mol. The molecule has 4 heterocycles. The first kappa shape index (κ1) is 20.1. The van der Waals surface area contributed by atoms with E-state index >= 15 is 0 Å². The number of halogens is 1. The number of likely N-dealkylation sites (tertiary alicyclic amines) is 1. The molecule has 3 N–H and O–H groups in total. The summed E-state index contributed by atoms with van der Waals surface area (Å²) in [6.45, 7) is 1.56. The SMILES string of the molecule is C[C@@H](O)[C@@H]1N[C@]2(C(=O)Nc3ccc(F)cc32)[C@@H]2C(=O)N(Cc3ccc4c(c3)OCO4)C(=O)[C@H]12. The molecule has 170 valence electrons. The second-order valence-electron chi connectivity index (χ2n) is 8.82. The van der Waals surface area contributed by atoms with Crippen LogP contribution in [-0.4, -0.2) is 46.7 Å². The second-order valence-corrected chi connectivity index (χ2v) is 8.82. The number of hydrogen-bond donors (Lipinski definition) is 3. The average molecular weight is 453 g/mol. The number of fused-ring (bicyclic) bond motifs is 5. The summed E-state index contributed by atoms with van der Waals surface area (Å²) in [4.78, 5) is 41.5. The summed E-state index contributed by atoms with van der Waals surface area (Å²) < 4.78 is 24.9. The van der Waals surface area contributed by atoms with Crippen molar-refractivity contribution < 1.29 is 33.4 Å². The Morgan fingerprint density at radius 2 is 1.94 bits per heavy atom. The molecule has 4 aliphatic rings. The number of hydrogen-bond acceptors (Lipinski definition) is 7. The van der Waals surface area contributed by atoms with E-state index in [9.17, 15) is 23.9 Å². The maximum atomic E-state index is 14.2. The second kappa shape index (κ2) is 6.75. The van der Waals surface area contributed by atoms with Gasteiger partial charge in [0.1, 0.15) is 11.4 Å². The minimum atomic E-state index is -1.65. The molecule has 2 aromatic carbocycles. The normalized spacial score (nSPS) is 30.1. The van der Waals surface area contributed by atoms with Crippen molar-refractivity contribution in [3.05, 3.63) is 53.3 Å². The van der Waals surface area contributed by atoms with Crippen LogP contribution in [0.15, 0.2) is 36.4 Å². The maximum Gasteiger partial charge on any atom is 0.250 e. The molecular weight excluding hydrogens is 433 g/mol. The van der Waals surface area contributed by atoms with Crippen LogP contribution in [0.3, 0.4) is 0 Å². The van der Waals surface area contributed by atoms with E-state index in [0.717, 1.165) is 4.90 Å². The van der Waals surface area contributed by atoms with Gasteiger partial charge in [0.05, 0.1) is 24.5 Å². The molecule has 0 aliphatic carbocycles. The van der Waals surface area contributed by atoms with E-state index in [2.05, 4.69) is 10.6 Å². The van der Waals surface area contributed by atoms with Crippen LogP contribution < -0.4 is 20.1 Å². The Balaban J connectivity index is 1.42. The molecule has 2 saturated heterocycles. The fourth-order valence-electron chi connectivity index (χ4n) is 5.56. The topological polar surface area (TPSA) is 117 Å². The largest absolute Gasteiger partial charge is 0.454 e. The molecule has 5 atom stereocenters. The number of imide groups is 1. The lowest BCUT2D eigenvalue weighted by atomic mass is 9.76. The summed E-state index contributed by atoms with van der Waals surface area (Å²) in [5.74, 6) is -3.17. The van der Waals surface area contributed by atoms with Crippen molar-refractivity contribution in [1.29, 1.82) is 0 Å². The Labute approximate surface area is 187 Å². The Kier molecular flexibility index (Phi) is 4.12.